The highest BCUT2D eigenvalue weighted by Crippen LogP contribution is 2.23. The summed E-state index contributed by atoms with van der Waals surface area (Å²) >= 11 is 0. The van der Waals surface area contributed by atoms with Gasteiger partial charge < -0.3 is 40.3 Å². The number of aliphatic hydroxyl groups excluding tert-OH is 5. The molecular weight excluding hydrogens is 923 g/mol. The fourth-order valence-corrected chi connectivity index (χ4v) is 8.92. The Kier molecular flexibility index (Phi) is 49.6. The predicted molar refractivity (Wildman–Crippen MR) is 313 cm³/mol. The van der Waals surface area contributed by atoms with Crippen molar-refractivity contribution in [1.29, 1.82) is 0 Å². The van der Waals surface area contributed by atoms with Crippen LogP contribution in [0.2, 0.25) is 0 Å². The maximum Gasteiger partial charge on any atom is 0.220 e. The van der Waals surface area contributed by atoms with E-state index in [1.54, 1.807) is 0 Å². The molecule has 424 valence electrons. The van der Waals surface area contributed by atoms with Gasteiger partial charge in [-0.2, -0.15) is 0 Å². The van der Waals surface area contributed by atoms with Gasteiger partial charge >= 0.3 is 0 Å². The van der Waals surface area contributed by atoms with Gasteiger partial charge in [0.25, 0.3) is 0 Å². The Balaban J connectivity index is 2.11. The van der Waals surface area contributed by atoms with Gasteiger partial charge in [-0.15, -0.1) is 0 Å². The Hall–Kier alpha value is -3.15. The van der Waals surface area contributed by atoms with Gasteiger partial charge in [-0.3, -0.25) is 4.79 Å². The highest BCUT2D eigenvalue weighted by Gasteiger charge is 2.44. The van der Waals surface area contributed by atoms with Crippen LogP contribution in [-0.4, -0.2) is 87.5 Å². The fourth-order valence-electron chi connectivity index (χ4n) is 8.92. The van der Waals surface area contributed by atoms with Crippen LogP contribution in [-0.2, 0) is 14.3 Å². The second-order valence-electron chi connectivity index (χ2n) is 20.4. The Morgan fingerprint density at radius 3 is 1.24 bits per heavy atom. The SMILES string of the molecule is CC/C=C\C/C=C\C/C=C\C/C=C\C/C=C\C/C=C\C/C=C\C/C=C\C/C=C\CCCCCCCCCCCCCC(=O)NC(COC1OC(CO)C(O)C(O)C1O)C(O)CCCCCCCCCCCCCC. The molecule has 0 bridgehead atoms. The molecule has 0 spiro atoms. The molecule has 1 amide bonds. The first-order valence-corrected chi connectivity index (χ1v) is 30.1. The molecular formula is C65H111NO8. The first kappa shape index (κ1) is 68.9. The third kappa shape index (κ3) is 42.0. The van der Waals surface area contributed by atoms with Gasteiger partial charge in [-0.25, -0.2) is 0 Å². The molecule has 1 fully saturated rings. The summed E-state index contributed by atoms with van der Waals surface area (Å²) in [5, 5.41) is 54.6. The zero-order valence-corrected chi connectivity index (χ0v) is 47.1. The summed E-state index contributed by atoms with van der Waals surface area (Å²) in [6.45, 7) is 3.71. The van der Waals surface area contributed by atoms with Crippen molar-refractivity contribution in [3.05, 3.63) is 109 Å². The van der Waals surface area contributed by atoms with E-state index in [1.807, 2.05) is 0 Å². The smallest absolute Gasteiger partial charge is 0.220 e. The number of hydrogen-bond donors (Lipinski definition) is 6. The van der Waals surface area contributed by atoms with Gasteiger partial charge in [-0.1, -0.05) is 258 Å². The molecule has 1 aliphatic rings. The number of allylic oxidation sites excluding steroid dienone is 18. The lowest BCUT2D eigenvalue weighted by molar-refractivity contribution is -0.302. The molecule has 1 aliphatic heterocycles. The van der Waals surface area contributed by atoms with Crippen LogP contribution < -0.4 is 5.32 Å². The molecule has 0 aliphatic carbocycles. The van der Waals surface area contributed by atoms with E-state index in [1.165, 1.54) is 109 Å². The van der Waals surface area contributed by atoms with E-state index in [0.717, 1.165) is 103 Å². The molecule has 0 saturated carbocycles. The molecule has 1 heterocycles. The number of rotatable bonds is 50. The van der Waals surface area contributed by atoms with Gasteiger partial charge in [0.1, 0.15) is 24.4 Å². The van der Waals surface area contributed by atoms with E-state index in [0.29, 0.717) is 12.8 Å². The number of aliphatic hydroxyl groups is 5. The monoisotopic (exact) mass is 1030 g/mol. The lowest BCUT2D eigenvalue weighted by Gasteiger charge is -2.40. The number of carbonyl (C=O) groups is 1. The van der Waals surface area contributed by atoms with Crippen molar-refractivity contribution in [3.8, 4) is 0 Å². The van der Waals surface area contributed by atoms with Gasteiger partial charge in [0.2, 0.25) is 5.91 Å². The Labute approximate surface area is 453 Å². The summed E-state index contributed by atoms with van der Waals surface area (Å²) in [5.74, 6) is -0.152. The molecule has 0 radical (unpaired) electrons. The van der Waals surface area contributed by atoms with E-state index in [4.69, 9.17) is 9.47 Å². The number of unbranched alkanes of at least 4 members (excludes halogenated alkanes) is 22. The second-order valence-corrected chi connectivity index (χ2v) is 20.4. The summed E-state index contributed by atoms with van der Waals surface area (Å²) < 4.78 is 11.3. The third-order valence-electron chi connectivity index (χ3n) is 13.6. The van der Waals surface area contributed by atoms with Gasteiger partial charge in [0, 0.05) is 6.42 Å². The average molecular weight is 1030 g/mol. The Morgan fingerprint density at radius 1 is 0.473 bits per heavy atom. The summed E-state index contributed by atoms with van der Waals surface area (Å²) in [4.78, 5) is 13.1. The van der Waals surface area contributed by atoms with Crippen LogP contribution in [0.3, 0.4) is 0 Å². The zero-order chi connectivity index (χ0) is 53.6. The predicted octanol–water partition coefficient (Wildman–Crippen LogP) is 15.3. The molecule has 0 aromatic carbocycles. The molecule has 1 rings (SSSR count). The van der Waals surface area contributed by atoms with E-state index in [9.17, 15) is 30.3 Å². The van der Waals surface area contributed by atoms with E-state index in [2.05, 4.69) is 129 Å². The number of nitrogens with one attached hydrogen (secondary N) is 1. The van der Waals surface area contributed by atoms with Crippen LogP contribution in [0.25, 0.3) is 0 Å². The number of amides is 1. The largest absolute Gasteiger partial charge is 0.394 e. The molecule has 1 saturated heterocycles. The summed E-state index contributed by atoms with van der Waals surface area (Å²) in [6.07, 6.45) is 71.3. The number of hydrogen-bond acceptors (Lipinski definition) is 8. The van der Waals surface area contributed by atoms with Gasteiger partial charge in [0.15, 0.2) is 6.29 Å². The van der Waals surface area contributed by atoms with Crippen LogP contribution in [0, 0.1) is 0 Å². The first-order valence-electron chi connectivity index (χ1n) is 30.1. The topological polar surface area (TPSA) is 149 Å². The van der Waals surface area contributed by atoms with E-state index < -0.39 is 49.5 Å². The molecule has 0 aromatic heterocycles. The first-order chi connectivity index (χ1) is 36.3. The van der Waals surface area contributed by atoms with E-state index >= 15 is 0 Å². The molecule has 9 heteroatoms. The van der Waals surface area contributed by atoms with Crippen molar-refractivity contribution in [2.24, 2.45) is 0 Å². The minimum absolute atomic E-state index is 0.143. The molecule has 7 unspecified atom stereocenters. The summed E-state index contributed by atoms with van der Waals surface area (Å²) in [6, 6.07) is -0.726. The lowest BCUT2D eigenvalue weighted by Crippen LogP contribution is -2.60. The molecule has 9 nitrogen and oxygen atoms in total. The van der Waals surface area contributed by atoms with Crippen molar-refractivity contribution in [1.82, 2.24) is 5.32 Å². The van der Waals surface area contributed by atoms with Crippen molar-refractivity contribution in [2.45, 2.75) is 281 Å². The van der Waals surface area contributed by atoms with Crippen LogP contribution >= 0.6 is 0 Å². The zero-order valence-electron chi connectivity index (χ0n) is 47.1. The van der Waals surface area contributed by atoms with Gasteiger partial charge in [-0.05, 0) is 83.5 Å². The van der Waals surface area contributed by atoms with Crippen molar-refractivity contribution in [2.75, 3.05) is 13.2 Å². The normalized spacial score (nSPS) is 19.8. The Morgan fingerprint density at radius 2 is 0.838 bits per heavy atom. The maximum atomic E-state index is 13.1. The van der Waals surface area contributed by atoms with Crippen LogP contribution in [0.5, 0.6) is 0 Å². The van der Waals surface area contributed by atoms with Crippen LogP contribution in [0.1, 0.15) is 239 Å². The molecule has 7 atom stereocenters. The van der Waals surface area contributed by atoms with Crippen molar-refractivity contribution < 1.29 is 39.8 Å². The molecule has 74 heavy (non-hydrogen) atoms. The van der Waals surface area contributed by atoms with Crippen molar-refractivity contribution in [3.63, 3.8) is 0 Å². The standard InChI is InChI=1S/C65H111NO8/c1-3-5-7-9-11-13-15-17-18-19-20-21-22-23-24-25-26-27-28-29-30-31-32-33-34-35-36-37-38-39-40-41-42-43-45-47-49-51-53-55-61(69)66-58(57-73-65-64(72)63(71)62(70)60(56-67)74-65)59(68)54-52-50-48-46-44-16-14-12-10-8-6-4-2/h5,7,11,13,17-18,20-21,23-24,26-27,29-30,32-33,35-36,58-60,62-65,67-68,70-72H,3-4,6,8-10,12,14-16,19,22,25,28,31,34,37-57H2,1-2H3,(H,66,69)/b7-5-,13-11-,18-17-,21-20-,24-23-,27-26-,30-29-,33-32-,36-35-. The molecule has 6 N–H and O–H groups in total. The van der Waals surface area contributed by atoms with Crippen LogP contribution in [0.4, 0.5) is 0 Å². The second kappa shape index (κ2) is 53.3. The summed E-state index contributed by atoms with van der Waals surface area (Å²) in [7, 11) is 0. The molecule has 0 aromatic rings. The summed E-state index contributed by atoms with van der Waals surface area (Å²) in [5.41, 5.74) is 0. The quantitative estimate of drug-likeness (QED) is 0.0261. The van der Waals surface area contributed by atoms with Crippen LogP contribution in [0.15, 0.2) is 109 Å². The minimum Gasteiger partial charge on any atom is -0.394 e. The lowest BCUT2D eigenvalue weighted by atomic mass is 9.99. The number of ether oxygens (including phenoxy) is 2. The minimum atomic E-state index is -1.56. The maximum absolute atomic E-state index is 13.1. The highest BCUT2D eigenvalue weighted by molar-refractivity contribution is 5.76. The highest BCUT2D eigenvalue weighted by atomic mass is 16.7. The Bertz CT molecular complexity index is 1530. The van der Waals surface area contributed by atoms with Gasteiger partial charge in [0.05, 0.1) is 25.4 Å². The average Bonchev–Trinajstić information content (AvgIpc) is 3.40. The van der Waals surface area contributed by atoms with E-state index in [-0.39, 0.29) is 12.5 Å². The third-order valence-corrected chi connectivity index (χ3v) is 13.6. The number of carbonyl (C=O) groups excluding carboxylic acids is 1. The van der Waals surface area contributed by atoms with Crippen molar-refractivity contribution >= 4 is 5.91 Å². The fraction of sp³-hybridized carbons (Fsp3) is 0.708.